The van der Waals surface area contributed by atoms with Crippen LogP contribution >= 0.6 is 0 Å². The van der Waals surface area contributed by atoms with Crippen molar-refractivity contribution in [3.05, 3.63) is 35.4 Å². The summed E-state index contributed by atoms with van der Waals surface area (Å²) in [5, 5.41) is 16.4. The van der Waals surface area contributed by atoms with Crippen LogP contribution in [0.5, 0.6) is 0 Å². The van der Waals surface area contributed by atoms with Crippen molar-refractivity contribution in [2.24, 2.45) is 10.4 Å². The van der Waals surface area contributed by atoms with Crippen LogP contribution in [0, 0.1) is 5.41 Å². The zero-order valence-corrected chi connectivity index (χ0v) is 16.4. The molecule has 0 spiro atoms. The van der Waals surface area contributed by atoms with Gasteiger partial charge in [0.2, 0.25) is 0 Å². The lowest BCUT2D eigenvalue weighted by Crippen LogP contribution is -2.45. The maximum absolute atomic E-state index is 9.50. The summed E-state index contributed by atoms with van der Waals surface area (Å²) >= 11 is 0. The predicted octanol–water partition coefficient (Wildman–Crippen LogP) is 3.22. The fraction of sp³-hybridized carbons (Fsp3) is 0.667. The number of methoxy groups -OCH3 is 1. The Kier molecular flexibility index (Phi) is 8.92. The summed E-state index contributed by atoms with van der Waals surface area (Å²) in [6.45, 7) is 5.29. The van der Waals surface area contributed by atoms with Gasteiger partial charge in [0.15, 0.2) is 5.96 Å². The number of guanidine groups is 1. The van der Waals surface area contributed by atoms with Crippen molar-refractivity contribution in [1.82, 2.24) is 10.6 Å². The highest BCUT2D eigenvalue weighted by molar-refractivity contribution is 5.79. The highest BCUT2D eigenvalue weighted by atomic mass is 16.5. The number of aliphatic hydroxyl groups excluding tert-OH is 1. The predicted molar refractivity (Wildman–Crippen MR) is 107 cm³/mol. The summed E-state index contributed by atoms with van der Waals surface area (Å²) in [5.74, 6) is 0.850. The maximum Gasteiger partial charge on any atom is 0.191 e. The minimum Gasteiger partial charge on any atom is -0.396 e. The number of nitrogens with zero attached hydrogens (tertiary/aromatic N) is 1. The van der Waals surface area contributed by atoms with Gasteiger partial charge in [0.25, 0.3) is 0 Å². The molecule has 0 aromatic heterocycles. The van der Waals surface area contributed by atoms with E-state index in [0.29, 0.717) is 13.2 Å². The number of benzene rings is 1. The molecule has 2 rings (SSSR count). The number of ether oxygens (including phenoxy) is 1. The molecule has 0 heterocycles. The van der Waals surface area contributed by atoms with Gasteiger partial charge in [-0.3, -0.25) is 0 Å². The van der Waals surface area contributed by atoms with E-state index in [1.807, 2.05) is 12.1 Å². The summed E-state index contributed by atoms with van der Waals surface area (Å²) < 4.78 is 5.29. The van der Waals surface area contributed by atoms with E-state index in [1.54, 1.807) is 7.11 Å². The summed E-state index contributed by atoms with van der Waals surface area (Å²) in [6, 6.07) is 8.28. The topological polar surface area (TPSA) is 65.9 Å². The second-order valence-corrected chi connectivity index (χ2v) is 7.28. The molecule has 0 aliphatic heterocycles. The Morgan fingerprint density at radius 2 is 1.88 bits per heavy atom. The van der Waals surface area contributed by atoms with Crippen LogP contribution in [0.3, 0.4) is 0 Å². The van der Waals surface area contributed by atoms with Crippen molar-refractivity contribution in [2.45, 2.75) is 58.6 Å². The lowest BCUT2D eigenvalue weighted by molar-refractivity contribution is 0.131. The third kappa shape index (κ3) is 6.29. The Morgan fingerprint density at radius 3 is 2.54 bits per heavy atom. The molecule has 1 aliphatic rings. The smallest absolute Gasteiger partial charge is 0.191 e. The summed E-state index contributed by atoms with van der Waals surface area (Å²) in [4.78, 5) is 4.78. The molecule has 1 aromatic rings. The van der Waals surface area contributed by atoms with Gasteiger partial charge < -0.3 is 20.5 Å². The quantitative estimate of drug-likeness (QED) is 0.467. The molecule has 0 radical (unpaired) electrons. The average Bonchev–Trinajstić information content (AvgIpc) is 2.66. The molecule has 1 aromatic carbocycles. The number of hydrogen-bond acceptors (Lipinski definition) is 3. The van der Waals surface area contributed by atoms with Crippen molar-refractivity contribution in [3.63, 3.8) is 0 Å². The van der Waals surface area contributed by atoms with E-state index in [-0.39, 0.29) is 12.0 Å². The zero-order valence-electron chi connectivity index (χ0n) is 16.4. The molecule has 0 saturated heterocycles. The van der Waals surface area contributed by atoms with E-state index in [2.05, 4.69) is 29.7 Å². The van der Waals surface area contributed by atoms with Gasteiger partial charge in [-0.1, -0.05) is 43.5 Å². The van der Waals surface area contributed by atoms with Gasteiger partial charge in [-0.05, 0) is 42.7 Å². The normalized spacial score (nSPS) is 17.1. The maximum atomic E-state index is 9.50. The van der Waals surface area contributed by atoms with Crippen molar-refractivity contribution in [1.29, 1.82) is 0 Å². The highest BCUT2D eigenvalue weighted by Crippen LogP contribution is 2.38. The third-order valence-corrected chi connectivity index (χ3v) is 5.36. The molecule has 0 atom stereocenters. The summed E-state index contributed by atoms with van der Waals surface area (Å²) in [7, 11) is 1.72. The Labute approximate surface area is 158 Å². The molecule has 146 valence electrons. The molecule has 26 heavy (non-hydrogen) atoms. The SMILES string of the molecule is CCNC(=NCc1ccccc1COC)NCC1(CCO)CCCCC1. The van der Waals surface area contributed by atoms with Crippen LogP contribution in [0.25, 0.3) is 0 Å². The minimum absolute atomic E-state index is 0.206. The van der Waals surface area contributed by atoms with E-state index in [4.69, 9.17) is 9.73 Å². The van der Waals surface area contributed by atoms with E-state index in [9.17, 15) is 5.11 Å². The zero-order chi connectivity index (χ0) is 18.7. The molecule has 5 heteroatoms. The van der Waals surface area contributed by atoms with Crippen LogP contribution in [0.1, 0.15) is 56.6 Å². The lowest BCUT2D eigenvalue weighted by atomic mass is 9.72. The Hall–Kier alpha value is -1.59. The standard InChI is InChI=1S/C21H35N3O2/c1-3-22-20(23-15-18-9-5-6-10-19(18)16-26-2)24-17-21(13-14-25)11-7-4-8-12-21/h5-6,9-10,25H,3-4,7-8,11-17H2,1-2H3,(H2,22,23,24). The molecule has 1 fully saturated rings. The second kappa shape index (κ2) is 11.2. The number of aliphatic hydroxyl groups is 1. The van der Waals surface area contributed by atoms with E-state index >= 15 is 0 Å². The van der Waals surface area contributed by atoms with Crippen molar-refractivity contribution in [3.8, 4) is 0 Å². The van der Waals surface area contributed by atoms with Crippen LogP contribution in [0.4, 0.5) is 0 Å². The van der Waals surface area contributed by atoms with E-state index in [1.165, 1.54) is 43.2 Å². The molecule has 5 nitrogen and oxygen atoms in total. The molecule has 1 saturated carbocycles. The van der Waals surface area contributed by atoms with Crippen LogP contribution in [0.2, 0.25) is 0 Å². The molecular weight excluding hydrogens is 326 g/mol. The first kappa shape index (κ1) is 20.7. The lowest BCUT2D eigenvalue weighted by Gasteiger charge is -2.37. The monoisotopic (exact) mass is 361 g/mol. The third-order valence-electron chi connectivity index (χ3n) is 5.36. The van der Waals surface area contributed by atoms with Crippen LogP contribution in [-0.2, 0) is 17.9 Å². The molecule has 1 aliphatic carbocycles. The highest BCUT2D eigenvalue weighted by Gasteiger charge is 2.31. The minimum atomic E-state index is 0.206. The Balaban J connectivity index is 2.02. The number of nitrogens with one attached hydrogen (secondary N) is 2. The van der Waals surface area contributed by atoms with Crippen LogP contribution < -0.4 is 10.6 Å². The summed E-state index contributed by atoms with van der Waals surface area (Å²) in [6.07, 6.45) is 7.10. The first-order valence-corrected chi connectivity index (χ1v) is 9.92. The largest absolute Gasteiger partial charge is 0.396 e. The number of rotatable bonds is 9. The van der Waals surface area contributed by atoms with Gasteiger partial charge in [-0.2, -0.15) is 0 Å². The fourth-order valence-electron chi connectivity index (χ4n) is 3.84. The van der Waals surface area contributed by atoms with Gasteiger partial charge in [0.1, 0.15) is 0 Å². The van der Waals surface area contributed by atoms with Gasteiger partial charge in [0, 0.05) is 26.8 Å². The van der Waals surface area contributed by atoms with Gasteiger partial charge in [-0.25, -0.2) is 4.99 Å². The average molecular weight is 362 g/mol. The Morgan fingerprint density at radius 1 is 1.15 bits per heavy atom. The molecular formula is C21H35N3O2. The number of aliphatic imine (C=N–C) groups is 1. The van der Waals surface area contributed by atoms with Crippen LogP contribution in [-0.4, -0.2) is 37.9 Å². The van der Waals surface area contributed by atoms with Crippen molar-refractivity contribution in [2.75, 3.05) is 26.8 Å². The van der Waals surface area contributed by atoms with Crippen molar-refractivity contribution >= 4 is 5.96 Å². The van der Waals surface area contributed by atoms with Crippen molar-refractivity contribution < 1.29 is 9.84 Å². The van der Waals surface area contributed by atoms with Gasteiger partial charge in [-0.15, -0.1) is 0 Å². The molecule has 0 unspecified atom stereocenters. The fourth-order valence-corrected chi connectivity index (χ4v) is 3.84. The second-order valence-electron chi connectivity index (χ2n) is 7.28. The van der Waals surface area contributed by atoms with E-state index in [0.717, 1.165) is 25.5 Å². The van der Waals surface area contributed by atoms with Crippen LogP contribution in [0.15, 0.2) is 29.3 Å². The first-order chi connectivity index (χ1) is 12.7. The van der Waals surface area contributed by atoms with Gasteiger partial charge >= 0.3 is 0 Å². The number of hydrogen-bond donors (Lipinski definition) is 3. The van der Waals surface area contributed by atoms with E-state index < -0.39 is 0 Å². The Bertz CT molecular complexity index is 548. The molecule has 0 bridgehead atoms. The molecule has 0 amide bonds. The van der Waals surface area contributed by atoms with Gasteiger partial charge in [0.05, 0.1) is 13.2 Å². The molecule has 3 N–H and O–H groups in total. The first-order valence-electron chi connectivity index (χ1n) is 9.92. The summed E-state index contributed by atoms with van der Waals surface area (Å²) in [5.41, 5.74) is 2.57.